The standard InChI is InChI=1S/C13H22N2O4/c1-13(11(16)17)5-6-15(8-13)12(18)14-10(7-19-2)9-3-4-9/h9-10H,3-8H2,1-2H3,(H,14,18)(H,16,17). The van der Waals surface area contributed by atoms with E-state index >= 15 is 0 Å². The zero-order valence-electron chi connectivity index (χ0n) is 11.5. The van der Waals surface area contributed by atoms with E-state index in [9.17, 15) is 9.59 Å². The molecule has 0 aromatic rings. The quantitative estimate of drug-likeness (QED) is 0.778. The summed E-state index contributed by atoms with van der Waals surface area (Å²) in [5.41, 5.74) is -0.812. The number of carboxylic acids is 1. The lowest BCUT2D eigenvalue weighted by atomic mass is 9.90. The zero-order valence-corrected chi connectivity index (χ0v) is 11.5. The van der Waals surface area contributed by atoms with Gasteiger partial charge in [0.2, 0.25) is 0 Å². The van der Waals surface area contributed by atoms with Crippen molar-refractivity contribution in [3.63, 3.8) is 0 Å². The highest BCUT2D eigenvalue weighted by atomic mass is 16.5. The number of hydrogen-bond acceptors (Lipinski definition) is 3. The predicted molar refractivity (Wildman–Crippen MR) is 68.9 cm³/mol. The molecule has 2 aliphatic rings. The number of likely N-dealkylation sites (tertiary alicyclic amines) is 1. The Labute approximate surface area is 113 Å². The van der Waals surface area contributed by atoms with E-state index in [1.54, 1.807) is 18.9 Å². The number of amides is 2. The lowest BCUT2D eigenvalue weighted by Gasteiger charge is -2.24. The average molecular weight is 270 g/mol. The van der Waals surface area contributed by atoms with Crippen LogP contribution in [0.4, 0.5) is 4.79 Å². The van der Waals surface area contributed by atoms with Gasteiger partial charge in [-0.2, -0.15) is 0 Å². The van der Waals surface area contributed by atoms with E-state index in [2.05, 4.69) is 5.32 Å². The Morgan fingerprint density at radius 1 is 1.53 bits per heavy atom. The molecule has 0 aromatic heterocycles. The zero-order chi connectivity index (χ0) is 14.0. The van der Waals surface area contributed by atoms with Gasteiger partial charge in [0, 0.05) is 20.2 Å². The molecule has 2 amide bonds. The molecule has 1 heterocycles. The Balaban J connectivity index is 1.88. The van der Waals surface area contributed by atoms with Crippen molar-refractivity contribution in [2.24, 2.45) is 11.3 Å². The van der Waals surface area contributed by atoms with E-state index in [1.807, 2.05) is 0 Å². The van der Waals surface area contributed by atoms with Crippen molar-refractivity contribution in [1.82, 2.24) is 10.2 Å². The summed E-state index contributed by atoms with van der Waals surface area (Å²) in [5.74, 6) is -0.323. The van der Waals surface area contributed by atoms with Crippen LogP contribution in [0.1, 0.15) is 26.2 Å². The van der Waals surface area contributed by atoms with Crippen LogP contribution >= 0.6 is 0 Å². The molecular weight excluding hydrogens is 248 g/mol. The highest BCUT2D eigenvalue weighted by molar-refractivity contribution is 5.79. The SMILES string of the molecule is COCC(NC(=O)N1CCC(C)(C(=O)O)C1)C1CC1. The van der Waals surface area contributed by atoms with Gasteiger partial charge in [-0.05, 0) is 32.1 Å². The maximum atomic E-state index is 12.1. The minimum Gasteiger partial charge on any atom is -0.481 e. The number of methoxy groups -OCH3 is 1. The third-order valence-corrected chi connectivity index (χ3v) is 4.12. The van der Waals surface area contributed by atoms with Gasteiger partial charge in [0.1, 0.15) is 0 Å². The molecule has 6 heteroatoms. The first-order valence-corrected chi connectivity index (χ1v) is 6.74. The van der Waals surface area contributed by atoms with Gasteiger partial charge >= 0.3 is 12.0 Å². The summed E-state index contributed by atoms with van der Waals surface area (Å²) in [5, 5.41) is 12.1. The molecule has 0 bridgehead atoms. The Morgan fingerprint density at radius 2 is 2.21 bits per heavy atom. The molecule has 1 aliphatic heterocycles. The van der Waals surface area contributed by atoms with Gasteiger partial charge in [-0.3, -0.25) is 4.79 Å². The van der Waals surface area contributed by atoms with Gasteiger partial charge in [-0.25, -0.2) is 4.79 Å². The number of rotatable bonds is 5. The Kier molecular flexibility index (Phi) is 3.99. The van der Waals surface area contributed by atoms with Crippen molar-refractivity contribution in [2.75, 3.05) is 26.8 Å². The van der Waals surface area contributed by atoms with Gasteiger partial charge < -0.3 is 20.1 Å². The number of nitrogens with zero attached hydrogens (tertiary/aromatic N) is 1. The fourth-order valence-electron chi connectivity index (χ4n) is 2.53. The fraction of sp³-hybridized carbons (Fsp3) is 0.846. The van der Waals surface area contributed by atoms with Gasteiger partial charge in [-0.15, -0.1) is 0 Å². The molecule has 1 saturated heterocycles. The van der Waals surface area contributed by atoms with E-state index in [-0.39, 0.29) is 18.6 Å². The molecule has 19 heavy (non-hydrogen) atoms. The monoisotopic (exact) mass is 270 g/mol. The first-order valence-electron chi connectivity index (χ1n) is 6.74. The first kappa shape index (κ1) is 14.1. The summed E-state index contributed by atoms with van der Waals surface area (Å²) in [7, 11) is 1.62. The Hall–Kier alpha value is -1.30. The number of carboxylic acid groups (broad SMARTS) is 1. The maximum absolute atomic E-state index is 12.1. The molecule has 2 atom stereocenters. The molecule has 108 valence electrons. The number of nitrogens with one attached hydrogen (secondary N) is 1. The molecule has 2 unspecified atom stereocenters. The number of carbonyl (C=O) groups is 2. The van der Waals surface area contributed by atoms with Crippen molar-refractivity contribution in [2.45, 2.75) is 32.2 Å². The van der Waals surface area contributed by atoms with Crippen LogP contribution in [-0.2, 0) is 9.53 Å². The average Bonchev–Trinajstić information content (AvgIpc) is 3.11. The normalized spacial score (nSPS) is 28.2. The van der Waals surface area contributed by atoms with E-state index in [0.717, 1.165) is 12.8 Å². The fourth-order valence-corrected chi connectivity index (χ4v) is 2.53. The molecule has 0 spiro atoms. The Bertz CT molecular complexity index is 370. The van der Waals surface area contributed by atoms with E-state index in [1.165, 1.54) is 0 Å². The van der Waals surface area contributed by atoms with Crippen LogP contribution in [-0.4, -0.2) is 54.9 Å². The van der Waals surface area contributed by atoms with Crippen LogP contribution in [0.3, 0.4) is 0 Å². The Morgan fingerprint density at radius 3 is 2.68 bits per heavy atom. The molecule has 0 radical (unpaired) electrons. The van der Waals surface area contributed by atoms with Crippen LogP contribution in [0.5, 0.6) is 0 Å². The largest absolute Gasteiger partial charge is 0.481 e. The van der Waals surface area contributed by atoms with E-state index in [4.69, 9.17) is 9.84 Å². The summed E-state index contributed by atoms with van der Waals surface area (Å²) >= 11 is 0. The summed E-state index contributed by atoms with van der Waals surface area (Å²) in [6, 6.07) is -0.117. The summed E-state index contributed by atoms with van der Waals surface area (Å²) in [4.78, 5) is 24.9. The topological polar surface area (TPSA) is 78.9 Å². The van der Waals surface area contributed by atoms with Crippen molar-refractivity contribution >= 4 is 12.0 Å². The number of ether oxygens (including phenoxy) is 1. The van der Waals surface area contributed by atoms with Crippen LogP contribution < -0.4 is 5.32 Å². The van der Waals surface area contributed by atoms with Gasteiger partial charge in [-0.1, -0.05) is 0 Å². The number of carbonyl (C=O) groups excluding carboxylic acids is 1. The van der Waals surface area contributed by atoms with Crippen LogP contribution in [0, 0.1) is 11.3 Å². The minimum absolute atomic E-state index is 0.0502. The molecular formula is C13H22N2O4. The van der Waals surface area contributed by atoms with Crippen molar-refractivity contribution in [3.8, 4) is 0 Å². The molecule has 2 N–H and O–H groups in total. The highest BCUT2D eigenvalue weighted by Gasteiger charge is 2.43. The first-order chi connectivity index (χ1) is 8.96. The number of hydrogen-bond donors (Lipinski definition) is 2. The summed E-state index contributed by atoms with van der Waals surface area (Å²) in [6.07, 6.45) is 2.76. The van der Waals surface area contributed by atoms with Crippen LogP contribution in [0.15, 0.2) is 0 Å². The molecule has 0 aromatic carbocycles. The van der Waals surface area contributed by atoms with Crippen molar-refractivity contribution in [1.29, 1.82) is 0 Å². The smallest absolute Gasteiger partial charge is 0.317 e. The van der Waals surface area contributed by atoms with Crippen LogP contribution in [0.2, 0.25) is 0 Å². The van der Waals surface area contributed by atoms with E-state index < -0.39 is 11.4 Å². The van der Waals surface area contributed by atoms with Crippen molar-refractivity contribution < 1.29 is 19.4 Å². The lowest BCUT2D eigenvalue weighted by molar-refractivity contribution is -0.147. The third kappa shape index (κ3) is 3.18. The van der Waals surface area contributed by atoms with Gasteiger partial charge in [0.05, 0.1) is 18.1 Å². The maximum Gasteiger partial charge on any atom is 0.317 e. The number of urea groups is 1. The van der Waals surface area contributed by atoms with Gasteiger partial charge in [0.15, 0.2) is 0 Å². The van der Waals surface area contributed by atoms with Gasteiger partial charge in [0.25, 0.3) is 0 Å². The molecule has 2 rings (SSSR count). The molecule has 6 nitrogen and oxygen atoms in total. The second kappa shape index (κ2) is 5.36. The number of aliphatic carboxylic acids is 1. The van der Waals surface area contributed by atoms with E-state index in [0.29, 0.717) is 25.5 Å². The summed E-state index contributed by atoms with van der Waals surface area (Å²) < 4.78 is 5.12. The predicted octanol–water partition coefficient (Wildman–Crippen LogP) is 0.918. The third-order valence-electron chi connectivity index (χ3n) is 4.12. The molecule has 1 aliphatic carbocycles. The molecule has 2 fully saturated rings. The van der Waals surface area contributed by atoms with Crippen molar-refractivity contribution in [3.05, 3.63) is 0 Å². The highest BCUT2D eigenvalue weighted by Crippen LogP contribution is 2.33. The molecule has 1 saturated carbocycles. The second-order valence-corrected chi connectivity index (χ2v) is 5.89. The summed E-state index contributed by atoms with van der Waals surface area (Å²) in [6.45, 7) is 2.98. The van der Waals surface area contributed by atoms with Crippen LogP contribution in [0.25, 0.3) is 0 Å². The minimum atomic E-state index is -0.835. The lowest BCUT2D eigenvalue weighted by Crippen LogP contribution is -2.47. The second-order valence-electron chi connectivity index (χ2n) is 5.89.